The zero-order valence-electron chi connectivity index (χ0n) is 19.7. The Balaban J connectivity index is 1.74. The number of hydrogen-bond donors (Lipinski definition) is 1. The van der Waals surface area contributed by atoms with Crippen LogP contribution in [0.5, 0.6) is 11.5 Å². The molecule has 0 aliphatic carbocycles. The molecular weight excluding hydrogens is 400 g/mol. The van der Waals surface area contributed by atoms with Crippen LogP contribution in [0.3, 0.4) is 0 Å². The van der Waals surface area contributed by atoms with Gasteiger partial charge in [0, 0.05) is 0 Å². The van der Waals surface area contributed by atoms with E-state index in [4.69, 9.17) is 14.2 Å². The minimum Gasteiger partial charge on any atom is -0.491 e. The topological polar surface area (TPSA) is 47.9 Å². The number of fused-ring (bicyclic) bond motifs is 2. The van der Waals surface area contributed by atoms with Crippen molar-refractivity contribution in [3.63, 3.8) is 0 Å². The van der Waals surface area contributed by atoms with Crippen LogP contribution in [0.1, 0.15) is 69.4 Å². The van der Waals surface area contributed by atoms with E-state index in [0.717, 1.165) is 61.2 Å². The summed E-state index contributed by atoms with van der Waals surface area (Å²) in [6.07, 6.45) is 9.96. The van der Waals surface area contributed by atoms with Crippen molar-refractivity contribution in [3.05, 3.63) is 59.7 Å². The van der Waals surface area contributed by atoms with Gasteiger partial charge in [-0.15, -0.1) is 0 Å². The van der Waals surface area contributed by atoms with Gasteiger partial charge in [0.2, 0.25) is 0 Å². The van der Waals surface area contributed by atoms with Crippen molar-refractivity contribution >= 4 is 0 Å². The monoisotopic (exact) mass is 440 g/mol. The first kappa shape index (κ1) is 24.6. The van der Waals surface area contributed by atoms with Gasteiger partial charge in [0.25, 0.3) is 0 Å². The first-order valence-electron chi connectivity index (χ1n) is 12.4. The van der Waals surface area contributed by atoms with Crippen LogP contribution in [-0.4, -0.2) is 37.1 Å². The predicted molar refractivity (Wildman–Crippen MR) is 130 cm³/mol. The molecule has 0 bridgehead atoms. The van der Waals surface area contributed by atoms with E-state index in [-0.39, 0.29) is 0 Å². The van der Waals surface area contributed by atoms with Crippen LogP contribution >= 0.6 is 0 Å². The van der Waals surface area contributed by atoms with Crippen molar-refractivity contribution in [1.29, 1.82) is 0 Å². The van der Waals surface area contributed by atoms with Gasteiger partial charge in [0.05, 0.1) is 18.8 Å². The molecule has 2 aromatic rings. The number of hydrogen-bond acceptors (Lipinski definition) is 4. The van der Waals surface area contributed by atoms with E-state index in [0.29, 0.717) is 26.4 Å². The summed E-state index contributed by atoms with van der Waals surface area (Å²) in [5, 5.41) is 11.7. The highest BCUT2D eigenvalue weighted by molar-refractivity contribution is 5.34. The van der Waals surface area contributed by atoms with Crippen LogP contribution in [0.2, 0.25) is 0 Å². The van der Waals surface area contributed by atoms with Crippen LogP contribution in [-0.2, 0) is 17.6 Å². The summed E-state index contributed by atoms with van der Waals surface area (Å²) in [7, 11) is 0. The van der Waals surface area contributed by atoms with Crippen LogP contribution in [0, 0.1) is 0 Å². The quantitative estimate of drug-likeness (QED) is 0.549. The van der Waals surface area contributed by atoms with Crippen molar-refractivity contribution < 1.29 is 19.3 Å². The van der Waals surface area contributed by atoms with Gasteiger partial charge < -0.3 is 19.3 Å². The van der Waals surface area contributed by atoms with Crippen LogP contribution in [0.4, 0.5) is 0 Å². The lowest BCUT2D eigenvalue weighted by molar-refractivity contribution is 0.0118. The second-order valence-corrected chi connectivity index (χ2v) is 8.91. The van der Waals surface area contributed by atoms with E-state index >= 15 is 0 Å². The molecule has 32 heavy (non-hydrogen) atoms. The minimum absolute atomic E-state index is 0.509. The van der Waals surface area contributed by atoms with Crippen molar-refractivity contribution in [2.45, 2.75) is 76.7 Å². The maximum atomic E-state index is 11.7. The normalized spacial score (nSPS) is 17.4. The Morgan fingerprint density at radius 3 is 1.81 bits per heavy atom. The summed E-state index contributed by atoms with van der Waals surface area (Å²) in [6.45, 7) is 4.31. The number of aliphatic hydroxyl groups is 1. The Morgan fingerprint density at radius 1 is 0.719 bits per heavy atom. The van der Waals surface area contributed by atoms with Crippen molar-refractivity contribution in [1.82, 2.24) is 0 Å². The predicted octanol–water partition coefficient (Wildman–Crippen LogP) is 6.13. The second kappa shape index (κ2) is 13.5. The lowest BCUT2D eigenvalue weighted by atomic mass is 9.84. The van der Waals surface area contributed by atoms with E-state index < -0.39 is 5.60 Å². The largest absolute Gasteiger partial charge is 0.491 e. The molecule has 0 amide bonds. The molecule has 0 unspecified atom stereocenters. The van der Waals surface area contributed by atoms with Crippen molar-refractivity contribution in [2.75, 3.05) is 26.4 Å². The summed E-state index contributed by atoms with van der Waals surface area (Å²) >= 11 is 0. The highest BCUT2D eigenvalue weighted by atomic mass is 16.5. The molecule has 176 valence electrons. The Hall–Kier alpha value is -2.04. The van der Waals surface area contributed by atoms with Crippen molar-refractivity contribution in [2.24, 2.45) is 0 Å². The molecule has 1 heterocycles. The third kappa shape index (κ3) is 8.14. The molecule has 0 fully saturated rings. The lowest BCUT2D eigenvalue weighted by Gasteiger charge is -2.29. The summed E-state index contributed by atoms with van der Waals surface area (Å²) in [5.41, 5.74) is 1.63. The van der Waals surface area contributed by atoms with Crippen molar-refractivity contribution in [3.8, 4) is 11.5 Å². The Bertz CT molecular complexity index is 733. The second-order valence-electron chi connectivity index (χ2n) is 8.91. The maximum Gasteiger partial charge on any atom is 0.122 e. The molecule has 4 nitrogen and oxygen atoms in total. The van der Waals surface area contributed by atoms with E-state index in [1.807, 2.05) is 24.3 Å². The molecule has 0 saturated heterocycles. The molecule has 4 heteroatoms. The summed E-state index contributed by atoms with van der Waals surface area (Å²) in [6, 6.07) is 16.4. The van der Waals surface area contributed by atoms with Gasteiger partial charge in [-0.3, -0.25) is 0 Å². The van der Waals surface area contributed by atoms with Gasteiger partial charge in [0.15, 0.2) is 0 Å². The zero-order chi connectivity index (χ0) is 22.5. The first-order valence-corrected chi connectivity index (χ1v) is 12.4. The SMILES string of the molecule is CCCCCCCC1(O)CCc2ccccc2OCCOCCOc2ccccc2CC1. The molecule has 0 radical (unpaired) electrons. The number of para-hydroxylation sites is 2. The minimum atomic E-state index is -0.688. The van der Waals surface area contributed by atoms with Crippen LogP contribution in [0.15, 0.2) is 48.5 Å². The number of ether oxygens (including phenoxy) is 3. The molecule has 2 aromatic carbocycles. The molecule has 0 saturated carbocycles. The maximum absolute atomic E-state index is 11.7. The molecule has 1 aliphatic rings. The lowest BCUT2D eigenvalue weighted by Crippen LogP contribution is -2.30. The summed E-state index contributed by atoms with van der Waals surface area (Å²) < 4.78 is 17.7. The fraction of sp³-hybridized carbons (Fsp3) is 0.571. The van der Waals surface area contributed by atoms with E-state index in [9.17, 15) is 5.11 Å². The van der Waals surface area contributed by atoms with E-state index in [1.165, 1.54) is 25.7 Å². The highest BCUT2D eigenvalue weighted by Crippen LogP contribution is 2.31. The van der Waals surface area contributed by atoms with Gasteiger partial charge in [-0.2, -0.15) is 0 Å². The third-order valence-corrected chi connectivity index (χ3v) is 6.38. The van der Waals surface area contributed by atoms with Gasteiger partial charge in [-0.1, -0.05) is 75.4 Å². The fourth-order valence-corrected chi connectivity index (χ4v) is 4.39. The van der Waals surface area contributed by atoms with Gasteiger partial charge in [-0.25, -0.2) is 0 Å². The summed E-state index contributed by atoms with van der Waals surface area (Å²) in [4.78, 5) is 0. The smallest absolute Gasteiger partial charge is 0.122 e. The average Bonchev–Trinajstić information content (AvgIpc) is 2.81. The number of aryl methyl sites for hydroxylation is 2. The van der Waals surface area contributed by atoms with Crippen LogP contribution < -0.4 is 9.47 Å². The Morgan fingerprint density at radius 2 is 1.25 bits per heavy atom. The molecule has 0 aromatic heterocycles. The Kier molecular flexibility index (Phi) is 10.4. The number of unbranched alkanes of at least 4 members (excludes halogenated alkanes) is 4. The fourth-order valence-electron chi connectivity index (χ4n) is 4.39. The van der Waals surface area contributed by atoms with Gasteiger partial charge >= 0.3 is 0 Å². The number of benzene rings is 2. The molecule has 0 atom stereocenters. The van der Waals surface area contributed by atoms with E-state index in [2.05, 4.69) is 31.2 Å². The zero-order valence-corrected chi connectivity index (χ0v) is 19.7. The summed E-state index contributed by atoms with van der Waals surface area (Å²) in [5.74, 6) is 1.80. The molecule has 1 aliphatic heterocycles. The average molecular weight is 441 g/mol. The highest BCUT2D eigenvalue weighted by Gasteiger charge is 2.27. The van der Waals surface area contributed by atoms with Gasteiger partial charge in [-0.05, 0) is 55.4 Å². The molecule has 1 N–H and O–H groups in total. The van der Waals surface area contributed by atoms with Crippen LogP contribution in [0.25, 0.3) is 0 Å². The third-order valence-electron chi connectivity index (χ3n) is 6.38. The number of rotatable bonds is 6. The molecular formula is C28H40O4. The van der Waals surface area contributed by atoms with Gasteiger partial charge in [0.1, 0.15) is 24.7 Å². The molecule has 0 spiro atoms. The molecule has 3 rings (SSSR count). The first-order chi connectivity index (χ1) is 15.7. The van der Waals surface area contributed by atoms with E-state index in [1.54, 1.807) is 0 Å². The standard InChI is InChI=1S/C28H40O4/c1-2-3-4-5-10-17-28(29)18-15-24-11-6-8-13-26(24)31-22-20-30-21-23-32-27-14-9-7-12-25(27)16-19-28/h6-9,11-14,29H,2-5,10,15-23H2,1H3. The Labute approximate surface area is 193 Å².